The summed E-state index contributed by atoms with van der Waals surface area (Å²) < 4.78 is 37.2. The Balaban J connectivity index is 1.87. The fraction of sp³-hybridized carbons (Fsp3) is 0.240. The first-order chi connectivity index (χ1) is 17.1. The number of thiophene rings is 1. The van der Waals surface area contributed by atoms with Gasteiger partial charge in [0, 0.05) is 12.6 Å². The van der Waals surface area contributed by atoms with E-state index in [1.807, 2.05) is 0 Å². The molecule has 0 aliphatic heterocycles. The Labute approximate surface area is 213 Å². The number of amides is 1. The van der Waals surface area contributed by atoms with Crippen molar-refractivity contribution in [3.05, 3.63) is 76.2 Å². The minimum atomic E-state index is -3.84. The van der Waals surface area contributed by atoms with E-state index in [1.165, 1.54) is 31.3 Å². The Morgan fingerprint density at radius 1 is 0.917 bits per heavy atom. The number of esters is 2. The second-order valence-corrected chi connectivity index (χ2v) is 10.5. The van der Waals surface area contributed by atoms with Gasteiger partial charge in [0.25, 0.3) is 15.9 Å². The SMILES string of the molecule is CCOC(=O)c1sc(NC(=O)c2ccc(S(=O)(=O)N(C)c3ccccc3)cc2)c(C(=O)OCC)c1C. The molecular weight excluding hydrogens is 504 g/mol. The highest BCUT2D eigenvalue weighted by Gasteiger charge is 2.28. The van der Waals surface area contributed by atoms with Crippen LogP contribution in [0.25, 0.3) is 0 Å². The van der Waals surface area contributed by atoms with Crippen molar-refractivity contribution in [1.82, 2.24) is 0 Å². The second kappa shape index (κ2) is 11.4. The van der Waals surface area contributed by atoms with Crippen molar-refractivity contribution in [1.29, 1.82) is 0 Å². The smallest absolute Gasteiger partial charge is 0.348 e. The Hall–Kier alpha value is -3.70. The van der Waals surface area contributed by atoms with E-state index < -0.39 is 27.9 Å². The predicted octanol–water partition coefficient (Wildman–Crippen LogP) is 4.49. The van der Waals surface area contributed by atoms with E-state index in [2.05, 4.69) is 5.32 Å². The van der Waals surface area contributed by atoms with E-state index in [0.29, 0.717) is 11.3 Å². The van der Waals surface area contributed by atoms with Gasteiger partial charge in [-0.2, -0.15) is 0 Å². The molecule has 1 amide bonds. The van der Waals surface area contributed by atoms with E-state index in [1.54, 1.807) is 51.1 Å². The zero-order chi connectivity index (χ0) is 26.5. The lowest BCUT2D eigenvalue weighted by molar-refractivity contribution is 0.0527. The summed E-state index contributed by atoms with van der Waals surface area (Å²) in [6.07, 6.45) is 0. The molecule has 0 unspecified atom stereocenters. The van der Waals surface area contributed by atoms with Gasteiger partial charge in [0.15, 0.2) is 0 Å². The van der Waals surface area contributed by atoms with Crippen LogP contribution in [0.15, 0.2) is 59.5 Å². The van der Waals surface area contributed by atoms with Crippen molar-refractivity contribution in [2.75, 3.05) is 29.9 Å². The molecule has 0 saturated heterocycles. The molecule has 11 heteroatoms. The molecule has 0 radical (unpaired) electrons. The molecule has 1 heterocycles. The zero-order valence-corrected chi connectivity index (χ0v) is 21.9. The molecular formula is C25H26N2O7S2. The molecule has 0 spiro atoms. The second-order valence-electron chi connectivity index (χ2n) is 7.49. The number of nitrogens with zero attached hydrogens (tertiary/aromatic N) is 1. The van der Waals surface area contributed by atoms with Crippen molar-refractivity contribution in [2.24, 2.45) is 0 Å². The predicted molar refractivity (Wildman–Crippen MR) is 137 cm³/mol. The maximum Gasteiger partial charge on any atom is 0.348 e. The van der Waals surface area contributed by atoms with Gasteiger partial charge >= 0.3 is 11.9 Å². The van der Waals surface area contributed by atoms with E-state index in [0.717, 1.165) is 15.6 Å². The fourth-order valence-electron chi connectivity index (χ4n) is 3.33. The number of nitrogens with one attached hydrogen (secondary N) is 1. The normalized spacial score (nSPS) is 11.0. The number of rotatable bonds is 9. The van der Waals surface area contributed by atoms with Gasteiger partial charge in [-0.15, -0.1) is 11.3 Å². The van der Waals surface area contributed by atoms with Crippen LogP contribution in [0.2, 0.25) is 0 Å². The fourth-order valence-corrected chi connectivity index (χ4v) is 5.61. The first kappa shape index (κ1) is 26.9. The number of sulfonamides is 1. The van der Waals surface area contributed by atoms with Crippen LogP contribution in [0.1, 0.15) is 49.8 Å². The average molecular weight is 531 g/mol. The van der Waals surface area contributed by atoms with Gasteiger partial charge in [0.1, 0.15) is 9.88 Å². The van der Waals surface area contributed by atoms with Gasteiger partial charge in [0.05, 0.1) is 29.4 Å². The van der Waals surface area contributed by atoms with Gasteiger partial charge < -0.3 is 14.8 Å². The number of carbonyl (C=O) groups excluding carboxylic acids is 3. The Morgan fingerprint density at radius 3 is 2.08 bits per heavy atom. The molecule has 2 aromatic carbocycles. The minimum Gasteiger partial charge on any atom is -0.462 e. The van der Waals surface area contributed by atoms with Crippen molar-refractivity contribution in [3.63, 3.8) is 0 Å². The van der Waals surface area contributed by atoms with Gasteiger partial charge in [-0.25, -0.2) is 18.0 Å². The number of carbonyl (C=O) groups is 3. The Kier molecular flexibility index (Phi) is 8.49. The summed E-state index contributed by atoms with van der Waals surface area (Å²) >= 11 is 0.910. The van der Waals surface area contributed by atoms with E-state index in [9.17, 15) is 22.8 Å². The summed E-state index contributed by atoms with van der Waals surface area (Å²) in [5, 5.41) is 2.78. The van der Waals surface area contributed by atoms with Crippen LogP contribution in [-0.4, -0.2) is 46.5 Å². The molecule has 1 aromatic heterocycles. The third kappa shape index (κ3) is 5.58. The number of ether oxygens (including phenoxy) is 2. The van der Waals surface area contributed by atoms with Gasteiger partial charge in [-0.3, -0.25) is 9.10 Å². The maximum atomic E-state index is 13.0. The summed E-state index contributed by atoms with van der Waals surface area (Å²) in [5.74, 6) is -1.87. The number of hydrogen-bond donors (Lipinski definition) is 1. The summed E-state index contributed by atoms with van der Waals surface area (Å²) in [6.45, 7) is 5.16. The lowest BCUT2D eigenvalue weighted by Crippen LogP contribution is -2.26. The third-order valence-corrected chi connectivity index (χ3v) is 8.20. The average Bonchev–Trinajstić information content (AvgIpc) is 3.20. The van der Waals surface area contributed by atoms with E-state index in [4.69, 9.17) is 9.47 Å². The highest BCUT2D eigenvalue weighted by atomic mass is 32.2. The molecule has 190 valence electrons. The molecule has 3 aromatic rings. The van der Waals surface area contributed by atoms with E-state index >= 15 is 0 Å². The van der Waals surface area contributed by atoms with Crippen LogP contribution in [0.4, 0.5) is 10.7 Å². The standard InChI is InChI=1S/C25H26N2O7S2/c1-5-33-24(29)20-16(3)21(25(30)34-6-2)35-23(20)26-22(28)17-12-14-19(15-13-17)36(31,32)27(4)18-10-8-7-9-11-18/h7-15H,5-6H2,1-4H3,(H,26,28). The zero-order valence-electron chi connectivity index (χ0n) is 20.2. The molecule has 36 heavy (non-hydrogen) atoms. The van der Waals surface area contributed by atoms with Crippen LogP contribution >= 0.6 is 11.3 Å². The number of hydrogen-bond acceptors (Lipinski definition) is 8. The van der Waals surface area contributed by atoms with Gasteiger partial charge in [0.2, 0.25) is 0 Å². The molecule has 1 N–H and O–H groups in total. The molecule has 0 aliphatic rings. The highest BCUT2D eigenvalue weighted by Crippen LogP contribution is 2.35. The van der Waals surface area contributed by atoms with Crippen LogP contribution in [0.3, 0.4) is 0 Å². The van der Waals surface area contributed by atoms with Gasteiger partial charge in [-0.1, -0.05) is 18.2 Å². The van der Waals surface area contributed by atoms with Crippen LogP contribution in [-0.2, 0) is 19.5 Å². The third-order valence-electron chi connectivity index (χ3n) is 5.21. The monoisotopic (exact) mass is 530 g/mol. The van der Waals surface area contributed by atoms with Gasteiger partial charge in [-0.05, 0) is 62.7 Å². The quantitative estimate of drug-likeness (QED) is 0.405. The number of para-hydroxylation sites is 1. The van der Waals surface area contributed by atoms with E-state index in [-0.39, 0.29) is 39.1 Å². The highest BCUT2D eigenvalue weighted by molar-refractivity contribution is 7.92. The largest absolute Gasteiger partial charge is 0.462 e. The molecule has 0 bridgehead atoms. The van der Waals surface area contributed by atoms with Crippen molar-refractivity contribution < 1.29 is 32.3 Å². The minimum absolute atomic E-state index is 0.00850. The maximum absolute atomic E-state index is 13.0. The molecule has 9 nitrogen and oxygen atoms in total. The Bertz CT molecular complexity index is 1370. The lowest BCUT2D eigenvalue weighted by Gasteiger charge is -2.19. The Morgan fingerprint density at radius 2 is 1.50 bits per heavy atom. The topological polar surface area (TPSA) is 119 Å². The molecule has 0 fully saturated rings. The molecule has 0 saturated carbocycles. The first-order valence-corrected chi connectivity index (χ1v) is 13.3. The van der Waals surface area contributed by atoms with Crippen LogP contribution in [0.5, 0.6) is 0 Å². The first-order valence-electron chi connectivity index (χ1n) is 11.0. The van der Waals surface area contributed by atoms with Crippen molar-refractivity contribution in [2.45, 2.75) is 25.7 Å². The lowest BCUT2D eigenvalue weighted by atomic mass is 10.1. The van der Waals surface area contributed by atoms with Crippen LogP contribution in [0, 0.1) is 6.92 Å². The molecule has 0 aliphatic carbocycles. The van der Waals surface area contributed by atoms with Crippen molar-refractivity contribution >= 4 is 49.9 Å². The summed E-state index contributed by atoms with van der Waals surface area (Å²) in [6, 6.07) is 14.0. The molecule has 0 atom stereocenters. The molecule has 3 rings (SSSR count). The summed E-state index contributed by atoms with van der Waals surface area (Å²) in [4.78, 5) is 38.0. The van der Waals surface area contributed by atoms with Crippen molar-refractivity contribution in [3.8, 4) is 0 Å². The number of anilines is 2. The van der Waals surface area contributed by atoms with Crippen LogP contribution < -0.4 is 9.62 Å². The summed E-state index contributed by atoms with van der Waals surface area (Å²) in [7, 11) is -2.40. The number of benzene rings is 2. The summed E-state index contributed by atoms with van der Waals surface area (Å²) in [5.41, 5.74) is 1.07.